The van der Waals surface area contributed by atoms with Crippen molar-refractivity contribution in [2.75, 3.05) is 47.3 Å². The third-order valence-corrected chi connectivity index (χ3v) is 8.77. The minimum Gasteiger partial charge on any atom is -0.385 e. The molecular formula is C30H49ClN4O3. The molecule has 0 radical (unpaired) electrons. The van der Waals surface area contributed by atoms with Gasteiger partial charge in [-0.1, -0.05) is 55.8 Å². The van der Waals surface area contributed by atoms with Crippen molar-refractivity contribution in [3.05, 3.63) is 34.9 Å². The first-order valence-corrected chi connectivity index (χ1v) is 15.0. The summed E-state index contributed by atoms with van der Waals surface area (Å²) in [5.74, 6) is 1.20. The summed E-state index contributed by atoms with van der Waals surface area (Å²) in [5, 5.41) is 19.0. The van der Waals surface area contributed by atoms with Crippen LogP contribution in [0.3, 0.4) is 0 Å². The molecule has 1 heterocycles. The van der Waals surface area contributed by atoms with E-state index in [4.69, 9.17) is 11.6 Å². The maximum absolute atomic E-state index is 13.5. The normalized spacial score (nSPS) is 21.0. The second-order valence-electron chi connectivity index (χ2n) is 11.7. The van der Waals surface area contributed by atoms with Gasteiger partial charge in [-0.05, 0) is 75.2 Å². The molecule has 0 bridgehead atoms. The Balaban J connectivity index is 1.68. The topological polar surface area (TPSA) is 84.9 Å². The summed E-state index contributed by atoms with van der Waals surface area (Å²) in [4.78, 5) is 29.0. The van der Waals surface area contributed by atoms with Crippen LogP contribution in [0.5, 0.6) is 0 Å². The summed E-state index contributed by atoms with van der Waals surface area (Å²) >= 11 is 6.33. The van der Waals surface area contributed by atoms with Gasteiger partial charge < -0.3 is 25.5 Å². The number of nitrogens with zero attached hydrogens (tertiary/aromatic N) is 2. The summed E-state index contributed by atoms with van der Waals surface area (Å²) in [5.41, 5.74) is -0.340. The Kier molecular flexibility index (Phi) is 12.2. The molecule has 214 valence electrons. The second-order valence-corrected chi connectivity index (χ2v) is 12.1. The molecule has 2 fully saturated rings. The number of benzene rings is 1. The van der Waals surface area contributed by atoms with Gasteiger partial charge in [0.05, 0.1) is 5.60 Å². The van der Waals surface area contributed by atoms with Gasteiger partial charge in [-0.2, -0.15) is 0 Å². The molecule has 1 saturated heterocycles. The monoisotopic (exact) mass is 548 g/mol. The quantitative estimate of drug-likeness (QED) is 0.320. The first-order valence-electron chi connectivity index (χ1n) is 14.6. The molecule has 0 aromatic heterocycles. The molecule has 1 aliphatic heterocycles. The zero-order chi connectivity index (χ0) is 27.5. The zero-order valence-corrected chi connectivity index (χ0v) is 24.4. The van der Waals surface area contributed by atoms with Crippen LogP contribution in [-0.2, 0) is 10.4 Å². The lowest BCUT2D eigenvalue weighted by atomic mass is 9.74. The first-order chi connectivity index (χ1) is 18.2. The highest BCUT2D eigenvalue weighted by Crippen LogP contribution is 2.40. The third-order valence-electron chi connectivity index (χ3n) is 8.54. The summed E-state index contributed by atoms with van der Waals surface area (Å²) in [6.07, 6.45) is 11.1. The van der Waals surface area contributed by atoms with Crippen LogP contribution in [0.25, 0.3) is 0 Å². The molecule has 3 amide bonds. The zero-order valence-electron chi connectivity index (χ0n) is 23.7. The van der Waals surface area contributed by atoms with Crippen molar-refractivity contribution >= 4 is 23.5 Å². The predicted molar refractivity (Wildman–Crippen MR) is 154 cm³/mol. The number of piperidine rings is 1. The number of hydrogen-bond acceptors (Lipinski definition) is 4. The van der Waals surface area contributed by atoms with Crippen LogP contribution in [0, 0.1) is 17.8 Å². The van der Waals surface area contributed by atoms with Crippen LogP contribution < -0.4 is 10.6 Å². The number of urea groups is 1. The molecule has 3 atom stereocenters. The number of halogens is 1. The van der Waals surface area contributed by atoms with Crippen LogP contribution in [0.2, 0.25) is 5.02 Å². The van der Waals surface area contributed by atoms with Gasteiger partial charge in [-0.15, -0.1) is 0 Å². The van der Waals surface area contributed by atoms with Crippen LogP contribution in [0.15, 0.2) is 24.3 Å². The van der Waals surface area contributed by atoms with Gasteiger partial charge >= 0.3 is 6.03 Å². The van der Waals surface area contributed by atoms with E-state index >= 15 is 0 Å². The van der Waals surface area contributed by atoms with Crippen molar-refractivity contribution in [2.45, 2.75) is 76.2 Å². The van der Waals surface area contributed by atoms with Crippen molar-refractivity contribution in [1.29, 1.82) is 0 Å². The van der Waals surface area contributed by atoms with E-state index < -0.39 is 5.60 Å². The van der Waals surface area contributed by atoms with E-state index in [1.54, 1.807) is 14.1 Å². The largest absolute Gasteiger partial charge is 0.385 e. The standard InChI is InChI=1S/C30H49ClN4O3/c1-32-21-24(18-23-10-5-4-6-11-23)19-28(36)35-17-8-13-26(22-35)30(38,25-12-7-14-27(31)20-25)15-9-16-33-29(37)34(2)3/h7,12,14,20,23-24,26,32,38H,4-6,8-11,13,15-19,21-22H2,1-3H3,(H,33,37)/t24-,26-,30-/m1/s1. The molecule has 8 heteroatoms. The number of aliphatic hydroxyl groups is 1. The van der Waals surface area contributed by atoms with E-state index in [2.05, 4.69) is 10.6 Å². The Labute approximate surface area is 234 Å². The summed E-state index contributed by atoms with van der Waals surface area (Å²) < 4.78 is 0. The fourth-order valence-electron chi connectivity index (χ4n) is 6.44. The van der Waals surface area contributed by atoms with Gasteiger partial charge in [0.15, 0.2) is 0 Å². The molecule has 38 heavy (non-hydrogen) atoms. The summed E-state index contributed by atoms with van der Waals surface area (Å²) in [6, 6.07) is 7.31. The summed E-state index contributed by atoms with van der Waals surface area (Å²) in [7, 11) is 5.39. The van der Waals surface area contributed by atoms with Gasteiger partial charge in [0.25, 0.3) is 0 Å². The number of amides is 3. The molecule has 1 saturated carbocycles. The SMILES string of the molecule is CNC[C@@H](CC(=O)N1CCC[C@@H]([C@@](O)(CCCNC(=O)N(C)C)c2cccc(Cl)c2)C1)CC1CCCCC1. The molecule has 3 N–H and O–H groups in total. The highest BCUT2D eigenvalue weighted by atomic mass is 35.5. The minimum absolute atomic E-state index is 0.0932. The van der Waals surface area contributed by atoms with Gasteiger partial charge in [0, 0.05) is 51.1 Å². The highest BCUT2D eigenvalue weighted by Gasteiger charge is 2.41. The fourth-order valence-corrected chi connectivity index (χ4v) is 6.63. The Morgan fingerprint density at radius 1 is 1.18 bits per heavy atom. The second kappa shape index (κ2) is 15.1. The van der Waals surface area contributed by atoms with Crippen LogP contribution in [-0.4, -0.2) is 74.2 Å². The van der Waals surface area contributed by atoms with Crippen LogP contribution >= 0.6 is 11.6 Å². The smallest absolute Gasteiger partial charge is 0.316 e. The molecule has 3 rings (SSSR count). The number of carbonyl (C=O) groups excluding carboxylic acids is 2. The van der Waals surface area contributed by atoms with E-state index in [1.165, 1.54) is 37.0 Å². The Bertz CT molecular complexity index is 892. The van der Waals surface area contributed by atoms with E-state index in [-0.39, 0.29) is 17.9 Å². The van der Waals surface area contributed by atoms with Gasteiger partial charge in [-0.25, -0.2) is 4.79 Å². The van der Waals surface area contributed by atoms with Crippen molar-refractivity contribution in [3.63, 3.8) is 0 Å². The molecule has 7 nitrogen and oxygen atoms in total. The van der Waals surface area contributed by atoms with Crippen LogP contribution in [0.4, 0.5) is 4.79 Å². The number of rotatable bonds is 12. The number of nitrogens with one attached hydrogen (secondary N) is 2. The van der Waals surface area contributed by atoms with Crippen LogP contribution in [0.1, 0.15) is 76.2 Å². The van der Waals surface area contributed by atoms with Crippen molar-refractivity contribution in [3.8, 4) is 0 Å². The van der Waals surface area contributed by atoms with Crippen molar-refractivity contribution in [1.82, 2.24) is 20.4 Å². The number of likely N-dealkylation sites (tertiary alicyclic amines) is 1. The Hall–Kier alpha value is -1.83. The lowest BCUT2D eigenvalue weighted by Gasteiger charge is -2.43. The van der Waals surface area contributed by atoms with E-state index in [9.17, 15) is 14.7 Å². The maximum Gasteiger partial charge on any atom is 0.316 e. The van der Waals surface area contributed by atoms with Crippen molar-refractivity contribution < 1.29 is 14.7 Å². The van der Waals surface area contributed by atoms with Gasteiger partial charge in [0.2, 0.25) is 5.91 Å². The summed E-state index contributed by atoms with van der Waals surface area (Å²) in [6.45, 7) is 2.63. The Morgan fingerprint density at radius 2 is 1.95 bits per heavy atom. The minimum atomic E-state index is -1.13. The predicted octanol–water partition coefficient (Wildman–Crippen LogP) is 5.01. The molecule has 1 aromatic carbocycles. The lowest BCUT2D eigenvalue weighted by Crippen LogP contribution is -2.49. The van der Waals surface area contributed by atoms with Gasteiger partial charge in [0.1, 0.15) is 0 Å². The molecule has 1 aromatic rings. The lowest BCUT2D eigenvalue weighted by molar-refractivity contribution is -0.137. The molecule has 2 aliphatic rings. The van der Waals surface area contributed by atoms with E-state index in [1.807, 2.05) is 36.2 Å². The molecule has 0 spiro atoms. The molecular weight excluding hydrogens is 500 g/mol. The van der Waals surface area contributed by atoms with Gasteiger partial charge in [-0.3, -0.25) is 4.79 Å². The fraction of sp³-hybridized carbons (Fsp3) is 0.733. The highest BCUT2D eigenvalue weighted by molar-refractivity contribution is 6.30. The van der Waals surface area contributed by atoms with Crippen molar-refractivity contribution in [2.24, 2.45) is 17.8 Å². The number of hydrogen-bond donors (Lipinski definition) is 3. The maximum atomic E-state index is 13.5. The van der Waals surface area contributed by atoms with E-state index in [0.717, 1.165) is 43.8 Å². The average molecular weight is 549 g/mol. The average Bonchev–Trinajstić information content (AvgIpc) is 2.91. The Morgan fingerprint density at radius 3 is 2.63 bits per heavy atom. The molecule has 0 unspecified atom stereocenters. The third kappa shape index (κ3) is 8.85. The first kappa shape index (κ1) is 30.7. The number of carbonyl (C=O) groups is 2. The van der Waals surface area contributed by atoms with E-state index in [0.29, 0.717) is 43.3 Å². The molecule has 1 aliphatic carbocycles.